The van der Waals surface area contributed by atoms with Gasteiger partial charge in [-0.05, 0) is 20.3 Å². The van der Waals surface area contributed by atoms with Crippen molar-refractivity contribution in [1.29, 1.82) is 0 Å². The van der Waals surface area contributed by atoms with Crippen LogP contribution in [0.5, 0.6) is 0 Å². The van der Waals surface area contributed by atoms with Gasteiger partial charge in [0.05, 0.1) is 11.0 Å². The summed E-state index contributed by atoms with van der Waals surface area (Å²) in [7, 11) is -1.99. The molecule has 0 aromatic rings. The Bertz CT molecular complexity index is 328. The maximum Gasteiger partial charge on any atom is 0.280 e. The Kier molecular flexibility index (Phi) is 6.39. The number of nitrogens with zero attached hydrogens (tertiary/aromatic N) is 1. The third-order valence-electron chi connectivity index (χ3n) is 2.32. The molecule has 0 radical (unpaired) electrons. The number of nitrogens with one attached hydrogen (secondary N) is 1. The molecule has 0 saturated heterocycles. The number of hydrogen-bond donors (Lipinski definition) is 2. The maximum atomic E-state index is 11.9. The first-order valence-corrected chi connectivity index (χ1v) is 7.11. The van der Waals surface area contributed by atoms with Gasteiger partial charge in [-0.3, -0.25) is 0 Å². The molecular formula is C9H21N3O2S2. The van der Waals surface area contributed by atoms with Gasteiger partial charge in [0, 0.05) is 13.1 Å². The standard InChI is InChI=1S/C9H21N3O2S2/c1-5-6-8(9(10)15)11-16(13,14)12(4)7(2)3/h7-8,11H,5-6H2,1-4H3,(H2,10,15). The van der Waals surface area contributed by atoms with Gasteiger partial charge in [0.15, 0.2) is 0 Å². The molecule has 0 bridgehead atoms. The lowest BCUT2D eigenvalue weighted by atomic mass is 10.2. The summed E-state index contributed by atoms with van der Waals surface area (Å²) in [5.41, 5.74) is 5.49. The number of hydrogen-bond acceptors (Lipinski definition) is 3. The Morgan fingerprint density at radius 2 is 2.00 bits per heavy atom. The molecule has 1 unspecified atom stereocenters. The van der Waals surface area contributed by atoms with E-state index < -0.39 is 16.3 Å². The zero-order chi connectivity index (χ0) is 12.9. The van der Waals surface area contributed by atoms with E-state index in [1.54, 1.807) is 13.8 Å². The molecule has 0 saturated carbocycles. The molecular weight excluding hydrogens is 246 g/mol. The van der Waals surface area contributed by atoms with Crippen LogP contribution in [0.25, 0.3) is 0 Å². The fourth-order valence-electron chi connectivity index (χ4n) is 1.09. The van der Waals surface area contributed by atoms with E-state index in [4.69, 9.17) is 18.0 Å². The minimum Gasteiger partial charge on any atom is -0.392 e. The molecule has 0 amide bonds. The van der Waals surface area contributed by atoms with Crippen molar-refractivity contribution < 1.29 is 8.42 Å². The zero-order valence-corrected chi connectivity index (χ0v) is 11.9. The number of nitrogens with two attached hydrogens (primary N) is 1. The second kappa shape index (κ2) is 6.48. The lowest BCUT2D eigenvalue weighted by Gasteiger charge is -2.24. The third-order valence-corrected chi connectivity index (χ3v) is 4.37. The summed E-state index contributed by atoms with van der Waals surface area (Å²) in [6.45, 7) is 5.55. The summed E-state index contributed by atoms with van der Waals surface area (Å²) < 4.78 is 27.5. The molecule has 0 aliphatic carbocycles. The van der Waals surface area contributed by atoms with Gasteiger partial charge < -0.3 is 5.73 Å². The predicted octanol–water partition coefficient (Wildman–Crippen LogP) is 0.616. The van der Waals surface area contributed by atoms with Crippen molar-refractivity contribution in [2.75, 3.05) is 7.05 Å². The van der Waals surface area contributed by atoms with Crippen LogP contribution < -0.4 is 10.5 Å². The van der Waals surface area contributed by atoms with Crippen molar-refractivity contribution in [1.82, 2.24) is 9.03 Å². The van der Waals surface area contributed by atoms with Gasteiger partial charge in [-0.15, -0.1) is 0 Å². The summed E-state index contributed by atoms with van der Waals surface area (Å²) in [6.07, 6.45) is 1.43. The Hall–Kier alpha value is -0.240. The first-order valence-electron chi connectivity index (χ1n) is 5.27. The Morgan fingerprint density at radius 1 is 1.50 bits per heavy atom. The Morgan fingerprint density at radius 3 is 2.31 bits per heavy atom. The van der Waals surface area contributed by atoms with Crippen LogP contribution in [-0.4, -0.2) is 36.8 Å². The van der Waals surface area contributed by atoms with Gasteiger partial charge >= 0.3 is 0 Å². The molecule has 0 aromatic heterocycles. The third kappa shape index (κ3) is 4.73. The lowest BCUT2D eigenvalue weighted by Crippen LogP contribution is -2.50. The first-order chi connectivity index (χ1) is 7.22. The topological polar surface area (TPSA) is 75.4 Å². The minimum atomic E-state index is -3.51. The highest BCUT2D eigenvalue weighted by atomic mass is 32.2. The molecule has 0 aromatic carbocycles. The Balaban J connectivity index is 4.73. The summed E-state index contributed by atoms with van der Waals surface area (Å²) in [5.74, 6) is 0. The Labute approximate surface area is 104 Å². The van der Waals surface area contributed by atoms with Crippen LogP contribution in [0, 0.1) is 0 Å². The number of rotatable bonds is 7. The first kappa shape index (κ1) is 15.8. The van der Waals surface area contributed by atoms with Gasteiger partial charge in [0.25, 0.3) is 10.2 Å². The smallest absolute Gasteiger partial charge is 0.280 e. The minimum absolute atomic E-state index is 0.105. The summed E-state index contributed by atoms with van der Waals surface area (Å²) in [6, 6.07) is -0.572. The SMILES string of the molecule is CCCC(NS(=O)(=O)N(C)C(C)C)C(N)=S. The fraction of sp³-hybridized carbons (Fsp3) is 0.889. The molecule has 0 spiro atoms. The molecule has 0 rings (SSSR count). The molecule has 96 valence electrons. The molecule has 7 heteroatoms. The molecule has 3 N–H and O–H groups in total. The summed E-state index contributed by atoms with van der Waals surface area (Å²) in [4.78, 5) is 0.183. The van der Waals surface area contributed by atoms with E-state index in [0.29, 0.717) is 6.42 Å². The predicted molar refractivity (Wildman–Crippen MR) is 70.4 cm³/mol. The van der Waals surface area contributed by atoms with Gasteiger partial charge in [-0.2, -0.15) is 17.4 Å². The molecule has 0 aliphatic rings. The van der Waals surface area contributed by atoms with Crippen molar-refractivity contribution >= 4 is 27.4 Å². The molecule has 16 heavy (non-hydrogen) atoms. The monoisotopic (exact) mass is 267 g/mol. The van der Waals surface area contributed by atoms with E-state index in [9.17, 15) is 8.42 Å². The second-order valence-electron chi connectivity index (χ2n) is 3.98. The normalized spacial score (nSPS) is 14.4. The molecule has 0 aliphatic heterocycles. The van der Waals surface area contributed by atoms with Gasteiger partial charge in [0.2, 0.25) is 0 Å². The van der Waals surface area contributed by atoms with Crippen molar-refractivity contribution in [3.63, 3.8) is 0 Å². The average Bonchev–Trinajstić information content (AvgIpc) is 2.15. The van der Waals surface area contributed by atoms with E-state index in [0.717, 1.165) is 6.42 Å². The molecule has 0 heterocycles. The van der Waals surface area contributed by atoms with Gasteiger partial charge in [-0.25, -0.2) is 0 Å². The van der Waals surface area contributed by atoms with Crippen LogP contribution in [0.3, 0.4) is 0 Å². The van der Waals surface area contributed by atoms with Crippen LogP contribution in [-0.2, 0) is 10.2 Å². The highest BCUT2D eigenvalue weighted by Gasteiger charge is 2.24. The lowest BCUT2D eigenvalue weighted by molar-refractivity contribution is 0.399. The van der Waals surface area contributed by atoms with Crippen molar-refractivity contribution in [3.05, 3.63) is 0 Å². The van der Waals surface area contributed by atoms with E-state index in [1.165, 1.54) is 11.4 Å². The van der Waals surface area contributed by atoms with E-state index in [1.807, 2.05) is 6.92 Å². The van der Waals surface area contributed by atoms with E-state index in [-0.39, 0.29) is 11.0 Å². The second-order valence-corrected chi connectivity index (χ2v) is 6.21. The maximum absolute atomic E-state index is 11.9. The van der Waals surface area contributed by atoms with Crippen molar-refractivity contribution in [2.45, 2.75) is 45.7 Å². The van der Waals surface area contributed by atoms with Crippen LogP contribution in [0.2, 0.25) is 0 Å². The summed E-state index contributed by atoms with van der Waals surface area (Å²) in [5, 5.41) is 0. The van der Waals surface area contributed by atoms with Gasteiger partial charge in [0.1, 0.15) is 0 Å². The molecule has 5 nitrogen and oxygen atoms in total. The number of thiocarbonyl (C=S) groups is 1. The fourth-order valence-corrected chi connectivity index (χ4v) is 2.67. The molecule has 0 fully saturated rings. The largest absolute Gasteiger partial charge is 0.392 e. The van der Waals surface area contributed by atoms with Crippen LogP contribution in [0.4, 0.5) is 0 Å². The van der Waals surface area contributed by atoms with E-state index >= 15 is 0 Å². The van der Waals surface area contributed by atoms with Crippen LogP contribution in [0.1, 0.15) is 33.6 Å². The summed E-state index contributed by atoms with van der Waals surface area (Å²) >= 11 is 4.84. The van der Waals surface area contributed by atoms with Gasteiger partial charge in [-0.1, -0.05) is 25.6 Å². The van der Waals surface area contributed by atoms with E-state index in [2.05, 4.69) is 4.72 Å². The average molecular weight is 267 g/mol. The van der Waals surface area contributed by atoms with Crippen LogP contribution >= 0.6 is 12.2 Å². The van der Waals surface area contributed by atoms with Crippen molar-refractivity contribution in [3.8, 4) is 0 Å². The zero-order valence-electron chi connectivity index (χ0n) is 10.2. The van der Waals surface area contributed by atoms with Crippen LogP contribution in [0.15, 0.2) is 0 Å². The highest BCUT2D eigenvalue weighted by Crippen LogP contribution is 2.05. The van der Waals surface area contributed by atoms with Crippen molar-refractivity contribution in [2.24, 2.45) is 5.73 Å². The molecule has 1 atom stereocenters. The highest BCUT2D eigenvalue weighted by molar-refractivity contribution is 7.87. The quantitative estimate of drug-likeness (QED) is 0.663.